The standard InChI is InChI=1S/C14H22O2/c1-2-3-4-8-11-14(16,12-15)13-9-6-5-7-10-13/h5-7,9-10,15-16H,2-4,8,11-12H2,1H3/t14-/m0/s1. The van der Waals surface area contributed by atoms with Gasteiger partial charge >= 0.3 is 0 Å². The molecule has 0 aliphatic rings. The first kappa shape index (κ1) is 13.2. The first-order valence-electron chi connectivity index (χ1n) is 6.11. The van der Waals surface area contributed by atoms with Crippen LogP contribution in [0.3, 0.4) is 0 Å². The fourth-order valence-corrected chi connectivity index (χ4v) is 1.91. The molecular formula is C14H22O2. The number of aliphatic hydroxyl groups is 2. The number of rotatable bonds is 7. The predicted molar refractivity (Wildman–Crippen MR) is 66.2 cm³/mol. The van der Waals surface area contributed by atoms with Crippen LogP contribution in [0.1, 0.15) is 44.6 Å². The summed E-state index contributed by atoms with van der Waals surface area (Å²) in [5.41, 5.74) is -0.247. The molecule has 1 atom stereocenters. The summed E-state index contributed by atoms with van der Waals surface area (Å²) in [6.45, 7) is 1.96. The highest BCUT2D eigenvalue weighted by atomic mass is 16.3. The van der Waals surface area contributed by atoms with Gasteiger partial charge in [0.2, 0.25) is 0 Å². The summed E-state index contributed by atoms with van der Waals surface area (Å²) >= 11 is 0. The van der Waals surface area contributed by atoms with E-state index in [1.165, 1.54) is 12.8 Å². The van der Waals surface area contributed by atoms with Crippen molar-refractivity contribution >= 4 is 0 Å². The van der Waals surface area contributed by atoms with Crippen LogP contribution < -0.4 is 0 Å². The first-order chi connectivity index (χ1) is 7.73. The fraction of sp³-hybridized carbons (Fsp3) is 0.571. The Bertz CT molecular complexity index is 284. The highest BCUT2D eigenvalue weighted by Gasteiger charge is 2.27. The van der Waals surface area contributed by atoms with Gasteiger partial charge in [0.1, 0.15) is 5.60 Å². The Morgan fingerprint density at radius 3 is 2.31 bits per heavy atom. The smallest absolute Gasteiger partial charge is 0.113 e. The van der Waals surface area contributed by atoms with Crippen molar-refractivity contribution in [3.05, 3.63) is 35.9 Å². The van der Waals surface area contributed by atoms with Gasteiger partial charge in [-0.2, -0.15) is 0 Å². The zero-order chi connectivity index (χ0) is 11.9. The van der Waals surface area contributed by atoms with E-state index < -0.39 is 5.60 Å². The van der Waals surface area contributed by atoms with Gasteiger partial charge in [0.25, 0.3) is 0 Å². The zero-order valence-corrected chi connectivity index (χ0v) is 10.0. The van der Waals surface area contributed by atoms with Crippen LogP contribution in [-0.4, -0.2) is 16.8 Å². The first-order valence-corrected chi connectivity index (χ1v) is 6.11. The molecule has 0 amide bonds. The van der Waals surface area contributed by atoms with Crippen molar-refractivity contribution in [2.24, 2.45) is 0 Å². The molecule has 0 bridgehead atoms. The van der Waals surface area contributed by atoms with E-state index in [4.69, 9.17) is 0 Å². The van der Waals surface area contributed by atoms with Gasteiger partial charge in [0, 0.05) is 0 Å². The Hall–Kier alpha value is -0.860. The lowest BCUT2D eigenvalue weighted by atomic mass is 9.89. The molecule has 2 nitrogen and oxygen atoms in total. The van der Waals surface area contributed by atoms with Crippen molar-refractivity contribution in [2.45, 2.75) is 44.6 Å². The van der Waals surface area contributed by atoms with Crippen LogP contribution in [0.25, 0.3) is 0 Å². The second-order valence-electron chi connectivity index (χ2n) is 4.37. The summed E-state index contributed by atoms with van der Waals surface area (Å²) in [5, 5.41) is 19.7. The lowest BCUT2D eigenvalue weighted by molar-refractivity contribution is -0.0280. The second-order valence-corrected chi connectivity index (χ2v) is 4.37. The third-order valence-electron chi connectivity index (χ3n) is 3.02. The van der Waals surface area contributed by atoms with Crippen LogP contribution in [0.4, 0.5) is 0 Å². The van der Waals surface area contributed by atoms with E-state index in [1.807, 2.05) is 30.3 Å². The molecule has 0 radical (unpaired) electrons. The molecule has 2 heteroatoms. The molecule has 0 fully saturated rings. The van der Waals surface area contributed by atoms with Gasteiger partial charge in [-0.15, -0.1) is 0 Å². The van der Waals surface area contributed by atoms with Crippen LogP contribution >= 0.6 is 0 Å². The second kappa shape index (κ2) is 6.66. The lowest BCUT2D eigenvalue weighted by Crippen LogP contribution is -2.30. The molecule has 16 heavy (non-hydrogen) atoms. The molecule has 2 N–H and O–H groups in total. The van der Waals surface area contributed by atoms with E-state index in [0.29, 0.717) is 6.42 Å². The van der Waals surface area contributed by atoms with Gasteiger partial charge in [0.05, 0.1) is 6.61 Å². The minimum absolute atomic E-state index is 0.205. The van der Waals surface area contributed by atoms with E-state index in [-0.39, 0.29) is 6.61 Å². The Kier molecular flexibility index (Phi) is 5.50. The molecule has 0 saturated heterocycles. The maximum Gasteiger partial charge on any atom is 0.113 e. The maximum atomic E-state index is 10.3. The third kappa shape index (κ3) is 3.62. The van der Waals surface area contributed by atoms with Crippen molar-refractivity contribution in [3.63, 3.8) is 0 Å². The largest absolute Gasteiger partial charge is 0.393 e. The number of unbranched alkanes of at least 4 members (excludes halogenated alkanes) is 3. The summed E-state index contributed by atoms with van der Waals surface area (Å²) in [5.74, 6) is 0. The average Bonchev–Trinajstić information content (AvgIpc) is 2.35. The minimum atomic E-state index is -1.06. The number of hydrogen-bond donors (Lipinski definition) is 2. The normalized spacial score (nSPS) is 14.7. The SMILES string of the molecule is CCCCCC[C@](O)(CO)c1ccccc1. The molecule has 0 unspecified atom stereocenters. The Balaban J connectivity index is 2.56. The van der Waals surface area contributed by atoms with Crippen molar-refractivity contribution in [2.75, 3.05) is 6.61 Å². The summed E-state index contributed by atoms with van der Waals surface area (Å²) < 4.78 is 0. The van der Waals surface area contributed by atoms with Gasteiger partial charge < -0.3 is 10.2 Å². The van der Waals surface area contributed by atoms with Gasteiger partial charge in [-0.1, -0.05) is 62.9 Å². The van der Waals surface area contributed by atoms with Crippen LogP contribution in [0.5, 0.6) is 0 Å². The molecule has 0 spiro atoms. The summed E-state index contributed by atoms with van der Waals surface area (Å²) in [7, 11) is 0. The Morgan fingerprint density at radius 1 is 1.06 bits per heavy atom. The van der Waals surface area contributed by atoms with Crippen LogP contribution in [0.15, 0.2) is 30.3 Å². The molecule has 1 aromatic carbocycles. The monoisotopic (exact) mass is 222 g/mol. The Labute approximate surface area is 97.9 Å². The molecule has 0 aromatic heterocycles. The third-order valence-corrected chi connectivity index (χ3v) is 3.02. The number of aliphatic hydroxyl groups excluding tert-OH is 1. The molecule has 90 valence electrons. The van der Waals surface area contributed by atoms with Crippen molar-refractivity contribution in [1.82, 2.24) is 0 Å². The molecular weight excluding hydrogens is 200 g/mol. The molecule has 0 aliphatic heterocycles. The predicted octanol–water partition coefficient (Wildman–Crippen LogP) is 2.84. The summed E-state index contributed by atoms with van der Waals surface area (Å²) in [6, 6.07) is 9.44. The molecule has 1 aromatic rings. The van der Waals surface area contributed by atoms with Crippen LogP contribution in [0, 0.1) is 0 Å². The van der Waals surface area contributed by atoms with Gasteiger partial charge in [0.15, 0.2) is 0 Å². The van der Waals surface area contributed by atoms with Crippen molar-refractivity contribution < 1.29 is 10.2 Å². The fourth-order valence-electron chi connectivity index (χ4n) is 1.91. The molecule has 1 rings (SSSR count). The lowest BCUT2D eigenvalue weighted by Gasteiger charge is -2.26. The Morgan fingerprint density at radius 2 is 1.75 bits per heavy atom. The highest BCUT2D eigenvalue weighted by Crippen LogP contribution is 2.26. The number of benzene rings is 1. The van der Waals surface area contributed by atoms with Crippen LogP contribution in [-0.2, 0) is 5.60 Å². The van der Waals surface area contributed by atoms with Crippen molar-refractivity contribution in [1.29, 1.82) is 0 Å². The average molecular weight is 222 g/mol. The van der Waals surface area contributed by atoms with E-state index in [1.54, 1.807) is 0 Å². The van der Waals surface area contributed by atoms with E-state index in [2.05, 4.69) is 6.92 Å². The van der Waals surface area contributed by atoms with E-state index >= 15 is 0 Å². The van der Waals surface area contributed by atoms with Gasteiger partial charge in [-0.3, -0.25) is 0 Å². The van der Waals surface area contributed by atoms with E-state index in [0.717, 1.165) is 18.4 Å². The molecule has 0 saturated carbocycles. The zero-order valence-electron chi connectivity index (χ0n) is 10.0. The van der Waals surface area contributed by atoms with Gasteiger partial charge in [-0.05, 0) is 12.0 Å². The summed E-state index contributed by atoms with van der Waals surface area (Å²) in [4.78, 5) is 0. The number of hydrogen-bond acceptors (Lipinski definition) is 2. The maximum absolute atomic E-state index is 10.3. The van der Waals surface area contributed by atoms with E-state index in [9.17, 15) is 10.2 Å². The van der Waals surface area contributed by atoms with Gasteiger partial charge in [-0.25, -0.2) is 0 Å². The van der Waals surface area contributed by atoms with Crippen molar-refractivity contribution in [3.8, 4) is 0 Å². The molecule has 0 aliphatic carbocycles. The highest BCUT2D eigenvalue weighted by molar-refractivity contribution is 5.22. The quantitative estimate of drug-likeness (QED) is 0.696. The summed E-state index contributed by atoms with van der Waals surface area (Å²) in [6.07, 6.45) is 5.08. The van der Waals surface area contributed by atoms with Crippen LogP contribution in [0.2, 0.25) is 0 Å². The molecule has 0 heterocycles. The minimum Gasteiger partial charge on any atom is -0.393 e. The topological polar surface area (TPSA) is 40.5 Å².